The number of methoxy groups -OCH3 is 1. The summed E-state index contributed by atoms with van der Waals surface area (Å²) in [6, 6.07) is 5.44. The Kier molecular flexibility index (Phi) is 9.59. The van der Waals surface area contributed by atoms with Crippen LogP contribution in [0.25, 0.3) is 0 Å². The molecular weight excluding hydrogens is 382 g/mol. The lowest BCUT2D eigenvalue weighted by atomic mass is 9.95. The molecule has 168 valence electrons. The number of ether oxygens (including phenoxy) is 2. The molecule has 0 aliphatic carbocycles. The first-order chi connectivity index (χ1) is 14.3. The molecule has 0 spiro atoms. The standard InChI is InChI=1S/C23H37N3O4/c1-16(2)30-14-6-11-24-23(28)19-9-12-26(13-10-19)18(4)22(27)25-20-15-17(3)7-8-21(20)29-5/h7-8,15-16,18-19H,6,9-14H2,1-5H3,(H,24,28)(H,25,27). The molecule has 1 heterocycles. The van der Waals surface area contributed by atoms with Crippen molar-refractivity contribution in [3.8, 4) is 5.75 Å². The monoisotopic (exact) mass is 419 g/mol. The van der Waals surface area contributed by atoms with Crippen molar-refractivity contribution < 1.29 is 19.1 Å². The summed E-state index contributed by atoms with van der Waals surface area (Å²) in [5, 5.41) is 6.00. The maximum atomic E-state index is 12.8. The first kappa shape index (κ1) is 24.2. The van der Waals surface area contributed by atoms with Crippen LogP contribution in [0.5, 0.6) is 5.75 Å². The minimum absolute atomic E-state index is 0.0133. The van der Waals surface area contributed by atoms with Gasteiger partial charge in [0.1, 0.15) is 5.75 Å². The number of rotatable bonds is 10. The maximum absolute atomic E-state index is 12.8. The molecule has 1 atom stereocenters. The number of aryl methyl sites for hydroxylation is 1. The number of carbonyl (C=O) groups excluding carboxylic acids is 2. The fourth-order valence-corrected chi connectivity index (χ4v) is 3.62. The third-order valence-electron chi connectivity index (χ3n) is 5.51. The number of nitrogens with one attached hydrogen (secondary N) is 2. The van der Waals surface area contributed by atoms with Crippen molar-refractivity contribution in [1.82, 2.24) is 10.2 Å². The van der Waals surface area contributed by atoms with E-state index in [0.717, 1.165) is 37.9 Å². The Labute approximate surface area is 180 Å². The van der Waals surface area contributed by atoms with Crippen LogP contribution < -0.4 is 15.4 Å². The van der Waals surface area contributed by atoms with Gasteiger partial charge < -0.3 is 20.1 Å². The number of carbonyl (C=O) groups is 2. The van der Waals surface area contributed by atoms with Crippen molar-refractivity contribution in [2.24, 2.45) is 5.92 Å². The lowest BCUT2D eigenvalue weighted by Crippen LogP contribution is -2.48. The molecule has 30 heavy (non-hydrogen) atoms. The first-order valence-corrected chi connectivity index (χ1v) is 10.9. The summed E-state index contributed by atoms with van der Waals surface area (Å²) in [4.78, 5) is 27.3. The number of hydrogen-bond donors (Lipinski definition) is 2. The van der Waals surface area contributed by atoms with E-state index in [-0.39, 0.29) is 29.9 Å². The molecule has 1 unspecified atom stereocenters. The molecule has 2 amide bonds. The molecule has 0 saturated carbocycles. The number of benzene rings is 1. The van der Waals surface area contributed by atoms with E-state index >= 15 is 0 Å². The minimum Gasteiger partial charge on any atom is -0.495 e. The quantitative estimate of drug-likeness (QED) is 0.570. The van der Waals surface area contributed by atoms with Gasteiger partial charge in [-0.25, -0.2) is 0 Å². The normalized spacial score (nSPS) is 16.3. The minimum atomic E-state index is -0.271. The Morgan fingerprint density at radius 3 is 2.53 bits per heavy atom. The zero-order valence-electron chi connectivity index (χ0n) is 19.0. The zero-order valence-corrected chi connectivity index (χ0v) is 19.0. The van der Waals surface area contributed by atoms with Gasteiger partial charge in [-0.15, -0.1) is 0 Å². The topological polar surface area (TPSA) is 79.9 Å². The molecule has 0 bridgehead atoms. The average molecular weight is 420 g/mol. The highest BCUT2D eigenvalue weighted by molar-refractivity contribution is 5.96. The van der Waals surface area contributed by atoms with Gasteiger partial charge in [-0.1, -0.05) is 6.07 Å². The molecule has 1 aromatic rings. The molecule has 1 saturated heterocycles. The van der Waals surface area contributed by atoms with Crippen molar-refractivity contribution >= 4 is 17.5 Å². The van der Waals surface area contributed by atoms with E-state index in [1.54, 1.807) is 7.11 Å². The highest BCUT2D eigenvalue weighted by Gasteiger charge is 2.29. The van der Waals surface area contributed by atoms with E-state index in [9.17, 15) is 9.59 Å². The summed E-state index contributed by atoms with van der Waals surface area (Å²) in [7, 11) is 1.59. The van der Waals surface area contributed by atoms with Gasteiger partial charge in [0.05, 0.1) is 24.9 Å². The molecule has 0 radical (unpaired) electrons. The fourth-order valence-electron chi connectivity index (χ4n) is 3.62. The van der Waals surface area contributed by atoms with Crippen molar-refractivity contribution in [2.75, 3.05) is 38.7 Å². The lowest BCUT2D eigenvalue weighted by Gasteiger charge is -2.34. The number of likely N-dealkylation sites (tertiary alicyclic amines) is 1. The second kappa shape index (κ2) is 11.9. The average Bonchev–Trinajstić information content (AvgIpc) is 2.73. The van der Waals surface area contributed by atoms with Crippen molar-refractivity contribution in [3.63, 3.8) is 0 Å². The van der Waals surface area contributed by atoms with E-state index in [0.29, 0.717) is 24.6 Å². The Morgan fingerprint density at radius 2 is 1.90 bits per heavy atom. The Bertz CT molecular complexity index is 700. The summed E-state index contributed by atoms with van der Waals surface area (Å²) in [5.41, 5.74) is 1.74. The predicted molar refractivity (Wildman–Crippen MR) is 119 cm³/mol. The van der Waals surface area contributed by atoms with Crippen LogP contribution in [0.2, 0.25) is 0 Å². The Morgan fingerprint density at radius 1 is 1.20 bits per heavy atom. The van der Waals surface area contributed by atoms with Crippen LogP contribution >= 0.6 is 0 Å². The van der Waals surface area contributed by atoms with Gasteiger partial charge in [0.2, 0.25) is 11.8 Å². The largest absolute Gasteiger partial charge is 0.495 e. The van der Waals surface area contributed by atoms with Crippen LogP contribution in [0.1, 0.15) is 45.6 Å². The number of amides is 2. The first-order valence-electron chi connectivity index (χ1n) is 10.9. The van der Waals surface area contributed by atoms with Crippen LogP contribution in [0, 0.1) is 12.8 Å². The van der Waals surface area contributed by atoms with Crippen LogP contribution in [0.3, 0.4) is 0 Å². The third kappa shape index (κ3) is 7.29. The number of nitrogens with zero attached hydrogens (tertiary/aromatic N) is 1. The van der Waals surface area contributed by atoms with Gasteiger partial charge >= 0.3 is 0 Å². The molecule has 1 fully saturated rings. The summed E-state index contributed by atoms with van der Waals surface area (Å²) >= 11 is 0. The molecular formula is C23H37N3O4. The van der Waals surface area contributed by atoms with Crippen LogP contribution in [0.15, 0.2) is 18.2 Å². The summed E-state index contributed by atoms with van der Waals surface area (Å²) in [6.07, 6.45) is 2.57. The molecule has 7 nitrogen and oxygen atoms in total. The van der Waals surface area contributed by atoms with E-state index < -0.39 is 0 Å². The smallest absolute Gasteiger partial charge is 0.241 e. The lowest BCUT2D eigenvalue weighted by molar-refractivity contribution is -0.127. The van der Waals surface area contributed by atoms with E-state index in [1.807, 2.05) is 45.9 Å². The van der Waals surface area contributed by atoms with Crippen LogP contribution in [0.4, 0.5) is 5.69 Å². The summed E-state index contributed by atoms with van der Waals surface area (Å²) in [5.74, 6) is 0.711. The second-order valence-electron chi connectivity index (χ2n) is 8.24. The molecule has 0 aromatic heterocycles. The van der Waals surface area contributed by atoms with Gasteiger partial charge in [0, 0.05) is 19.1 Å². The van der Waals surface area contributed by atoms with Gasteiger partial charge in [0.25, 0.3) is 0 Å². The molecule has 7 heteroatoms. The highest BCUT2D eigenvalue weighted by Crippen LogP contribution is 2.26. The van der Waals surface area contributed by atoms with E-state index in [2.05, 4.69) is 15.5 Å². The van der Waals surface area contributed by atoms with Crippen molar-refractivity contribution in [3.05, 3.63) is 23.8 Å². The maximum Gasteiger partial charge on any atom is 0.241 e. The van der Waals surface area contributed by atoms with Gasteiger partial charge in [-0.05, 0) is 77.7 Å². The summed E-state index contributed by atoms with van der Waals surface area (Å²) in [6.45, 7) is 10.7. The second-order valence-corrected chi connectivity index (χ2v) is 8.24. The number of piperidine rings is 1. The van der Waals surface area contributed by atoms with Gasteiger partial charge in [0.15, 0.2) is 0 Å². The van der Waals surface area contributed by atoms with Gasteiger partial charge in [-0.2, -0.15) is 0 Å². The molecule has 1 aliphatic rings. The third-order valence-corrected chi connectivity index (χ3v) is 5.51. The van der Waals surface area contributed by atoms with Crippen LogP contribution in [-0.2, 0) is 14.3 Å². The van der Waals surface area contributed by atoms with E-state index in [4.69, 9.17) is 9.47 Å². The Balaban J connectivity index is 1.77. The molecule has 1 aromatic carbocycles. The SMILES string of the molecule is COc1ccc(C)cc1NC(=O)C(C)N1CCC(C(=O)NCCCOC(C)C)CC1. The fraction of sp³-hybridized carbons (Fsp3) is 0.652. The highest BCUT2D eigenvalue weighted by atomic mass is 16.5. The predicted octanol–water partition coefficient (Wildman–Crippen LogP) is 2.97. The Hall–Kier alpha value is -2.12. The molecule has 2 rings (SSSR count). The van der Waals surface area contributed by atoms with Crippen molar-refractivity contribution in [1.29, 1.82) is 0 Å². The molecule has 1 aliphatic heterocycles. The van der Waals surface area contributed by atoms with Gasteiger partial charge in [-0.3, -0.25) is 14.5 Å². The van der Waals surface area contributed by atoms with Crippen molar-refractivity contribution in [2.45, 2.75) is 59.1 Å². The van der Waals surface area contributed by atoms with Crippen LogP contribution in [-0.4, -0.2) is 62.2 Å². The zero-order chi connectivity index (χ0) is 22.1. The number of hydrogen-bond acceptors (Lipinski definition) is 5. The molecule has 2 N–H and O–H groups in total. The number of anilines is 1. The van der Waals surface area contributed by atoms with E-state index in [1.165, 1.54) is 0 Å². The summed E-state index contributed by atoms with van der Waals surface area (Å²) < 4.78 is 10.8.